The van der Waals surface area contributed by atoms with Crippen LogP contribution in [0.5, 0.6) is 11.5 Å². The van der Waals surface area contributed by atoms with E-state index in [9.17, 15) is 14.0 Å². The minimum atomic E-state index is -0.332. The highest BCUT2D eigenvalue weighted by Crippen LogP contribution is 2.25. The van der Waals surface area contributed by atoms with Gasteiger partial charge >= 0.3 is 0 Å². The number of carbonyl (C=O) groups excluding carboxylic acids is 2. The number of methoxy groups -OCH3 is 2. The third-order valence-corrected chi connectivity index (χ3v) is 7.09. The molecule has 0 bridgehead atoms. The van der Waals surface area contributed by atoms with Gasteiger partial charge in [-0.2, -0.15) is 0 Å². The molecule has 0 N–H and O–H groups in total. The first kappa shape index (κ1) is 26.6. The number of thiophene rings is 1. The summed E-state index contributed by atoms with van der Waals surface area (Å²) in [5.74, 6) is 0.128. The second kappa shape index (κ2) is 12.7. The molecule has 196 valence electrons. The Labute approximate surface area is 220 Å². The van der Waals surface area contributed by atoms with Crippen LogP contribution < -0.4 is 9.47 Å². The SMILES string of the molecule is COc1cc(OC)cc(C(=O)N(CC(=O)N(Cc2ccc(F)cc2)Cc2cccs2)CC2CCCO2)c1. The van der Waals surface area contributed by atoms with E-state index in [2.05, 4.69) is 0 Å². The van der Waals surface area contributed by atoms with E-state index in [1.54, 1.807) is 51.5 Å². The maximum atomic E-state index is 13.7. The number of nitrogens with zero attached hydrogens (tertiary/aromatic N) is 2. The van der Waals surface area contributed by atoms with Crippen LogP contribution in [0.2, 0.25) is 0 Å². The van der Waals surface area contributed by atoms with E-state index >= 15 is 0 Å². The van der Waals surface area contributed by atoms with Gasteiger partial charge < -0.3 is 24.0 Å². The van der Waals surface area contributed by atoms with Crippen LogP contribution in [0, 0.1) is 5.82 Å². The van der Waals surface area contributed by atoms with Crippen LogP contribution in [0.3, 0.4) is 0 Å². The predicted molar refractivity (Wildman–Crippen MR) is 139 cm³/mol. The molecule has 1 saturated heterocycles. The maximum absolute atomic E-state index is 13.7. The van der Waals surface area contributed by atoms with E-state index in [4.69, 9.17) is 14.2 Å². The Balaban J connectivity index is 1.58. The van der Waals surface area contributed by atoms with Crippen molar-refractivity contribution in [2.24, 2.45) is 0 Å². The lowest BCUT2D eigenvalue weighted by atomic mass is 10.1. The average molecular weight is 527 g/mol. The number of halogens is 1. The molecule has 0 aliphatic carbocycles. The van der Waals surface area contributed by atoms with E-state index in [1.807, 2.05) is 17.5 Å². The van der Waals surface area contributed by atoms with Gasteiger partial charge in [-0.3, -0.25) is 9.59 Å². The third kappa shape index (κ3) is 7.30. The number of benzene rings is 2. The number of hydrogen-bond donors (Lipinski definition) is 0. The van der Waals surface area contributed by atoms with Crippen molar-refractivity contribution in [3.63, 3.8) is 0 Å². The Morgan fingerprint density at radius 2 is 1.76 bits per heavy atom. The molecule has 2 heterocycles. The van der Waals surface area contributed by atoms with Gasteiger partial charge in [0.2, 0.25) is 5.91 Å². The van der Waals surface area contributed by atoms with Crippen molar-refractivity contribution in [2.45, 2.75) is 32.0 Å². The van der Waals surface area contributed by atoms with Crippen molar-refractivity contribution >= 4 is 23.2 Å². The molecule has 1 aromatic heterocycles. The zero-order chi connectivity index (χ0) is 26.2. The van der Waals surface area contributed by atoms with Crippen LogP contribution in [0.25, 0.3) is 0 Å². The standard InChI is InChI=1S/C28H31FN2O5S/c1-34-24-13-21(14-25(15-24)35-2)28(33)31(17-23-5-3-11-36-23)19-27(32)30(18-26-6-4-12-37-26)16-20-7-9-22(29)10-8-20/h4,6-10,12-15,23H,3,5,11,16-19H2,1-2H3. The molecular formula is C28H31FN2O5S. The topological polar surface area (TPSA) is 68.3 Å². The summed E-state index contributed by atoms with van der Waals surface area (Å²) in [7, 11) is 3.04. The smallest absolute Gasteiger partial charge is 0.254 e. The molecule has 2 aromatic carbocycles. The molecule has 3 aromatic rings. The number of hydrogen-bond acceptors (Lipinski definition) is 6. The van der Waals surface area contributed by atoms with Gasteiger partial charge in [-0.15, -0.1) is 11.3 Å². The minimum absolute atomic E-state index is 0.120. The molecule has 0 saturated carbocycles. The first-order valence-electron chi connectivity index (χ1n) is 12.1. The van der Waals surface area contributed by atoms with Crippen LogP contribution in [0.15, 0.2) is 60.0 Å². The first-order chi connectivity index (χ1) is 17.9. The zero-order valence-electron chi connectivity index (χ0n) is 21.0. The number of rotatable bonds is 11. The Hall–Kier alpha value is -3.43. The fourth-order valence-electron chi connectivity index (χ4n) is 4.26. The van der Waals surface area contributed by atoms with E-state index in [0.29, 0.717) is 43.3 Å². The monoisotopic (exact) mass is 526 g/mol. The highest BCUT2D eigenvalue weighted by atomic mass is 32.1. The summed E-state index contributed by atoms with van der Waals surface area (Å²) >= 11 is 1.56. The molecular weight excluding hydrogens is 495 g/mol. The maximum Gasteiger partial charge on any atom is 0.254 e. The van der Waals surface area contributed by atoms with Crippen molar-refractivity contribution in [3.05, 3.63) is 81.8 Å². The number of carbonyl (C=O) groups is 2. The highest BCUT2D eigenvalue weighted by Gasteiger charge is 2.28. The van der Waals surface area contributed by atoms with Crippen molar-refractivity contribution in [1.29, 1.82) is 0 Å². The molecule has 1 aliphatic heterocycles. The lowest BCUT2D eigenvalue weighted by Gasteiger charge is -2.29. The molecule has 2 amide bonds. The number of amides is 2. The van der Waals surface area contributed by atoms with Crippen molar-refractivity contribution in [2.75, 3.05) is 33.9 Å². The summed E-state index contributed by atoms with van der Waals surface area (Å²) < 4.78 is 29.9. The second-order valence-electron chi connectivity index (χ2n) is 8.88. The van der Waals surface area contributed by atoms with Crippen LogP contribution >= 0.6 is 11.3 Å². The Kier molecular flexibility index (Phi) is 9.14. The Morgan fingerprint density at radius 3 is 2.35 bits per heavy atom. The van der Waals surface area contributed by atoms with Gasteiger partial charge in [-0.1, -0.05) is 18.2 Å². The van der Waals surface area contributed by atoms with Gasteiger partial charge in [-0.25, -0.2) is 4.39 Å². The van der Waals surface area contributed by atoms with Gasteiger partial charge in [0.05, 0.1) is 26.9 Å². The fourth-order valence-corrected chi connectivity index (χ4v) is 4.98. The van der Waals surface area contributed by atoms with E-state index in [-0.39, 0.29) is 30.3 Å². The van der Waals surface area contributed by atoms with Crippen LogP contribution in [0.1, 0.15) is 33.6 Å². The van der Waals surface area contributed by atoms with Crippen LogP contribution in [0.4, 0.5) is 4.39 Å². The molecule has 9 heteroatoms. The molecule has 37 heavy (non-hydrogen) atoms. The van der Waals surface area contributed by atoms with Crippen molar-refractivity contribution < 1.29 is 28.2 Å². The van der Waals surface area contributed by atoms with Crippen molar-refractivity contribution in [3.8, 4) is 11.5 Å². The summed E-state index contributed by atoms with van der Waals surface area (Å²) in [6.07, 6.45) is 1.61. The van der Waals surface area contributed by atoms with Crippen LogP contribution in [-0.2, 0) is 22.6 Å². The Morgan fingerprint density at radius 1 is 1.03 bits per heavy atom. The second-order valence-corrected chi connectivity index (χ2v) is 9.91. The first-order valence-corrected chi connectivity index (χ1v) is 13.0. The average Bonchev–Trinajstić information content (AvgIpc) is 3.63. The summed E-state index contributed by atoms with van der Waals surface area (Å²) in [5, 5.41) is 1.96. The van der Waals surface area contributed by atoms with Gasteiger partial charge in [0, 0.05) is 36.2 Å². The molecule has 4 rings (SSSR count). The van der Waals surface area contributed by atoms with Gasteiger partial charge in [-0.05, 0) is 54.1 Å². The molecule has 0 radical (unpaired) electrons. The normalized spacial score (nSPS) is 14.8. The minimum Gasteiger partial charge on any atom is -0.497 e. The van der Waals surface area contributed by atoms with Gasteiger partial charge in [0.1, 0.15) is 23.9 Å². The van der Waals surface area contributed by atoms with Gasteiger partial charge in [0.25, 0.3) is 5.91 Å². The van der Waals surface area contributed by atoms with E-state index < -0.39 is 0 Å². The predicted octanol–water partition coefficient (Wildman–Crippen LogP) is 4.75. The highest BCUT2D eigenvalue weighted by molar-refractivity contribution is 7.09. The molecule has 1 atom stereocenters. The quantitative estimate of drug-likeness (QED) is 0.361. The summed E-state index contributed by atoms with van der Waals surface area (Å²) in [5.41, 5.74) is 1.17. The Bertz CT molecular complexity index is 1160. The molecule has 1 unspecified atom stereocenters. The van der Waals surface area contributed by atoms with Crippen molar-refractivity contribution in [1.82, 2.24) is 9.80 Å². The summed E-state index contributed by atoms with van der Waals surface area (Å²) in [6, 6.07) is 15.0. The fraction of sp³-hybridized carbons (Fsp3) is 0.357. The third-order valence-electron chi connectivity index (χ3n) is 6.23. The zero-order valence-corrected chi connectivity index (χ0v) is 21.8. The molecule has 1 fully saturated rings. The number of ether oxygens (including phenoxy) is 3. The van der Waals surface area contributed by atoms with E-state index in [1.165, 1.54) is 26.4 Å². The lowest BCUT2D eigenvalue weighted by molar-refractivity contribution is -0.133. The van der Waals surface area contributed by atoms with E-state index in [0.717, 1.165) is 23.3 Å². The van der Waals surface area contributed by atoms with Crippen LogP contribution in [-0.4, -0.2) is 61.6 Å². The lowest BCUT2D eigenvalue weighted by Crippen LogP contribution is -2.45. The summed E-state index contributed by atoms with van der Waals surface area (Å²) in [6.45, 7) is 1.51. The van der Waals surface area contributed by atoms with Gasteiger partial charge in [0.15, 0.2) is 0 Å². The summed E-state index contributed by atoms with van der Waals surface area (Å²) in [4.78, 5) is 31.6. The molecule has 1 aliphatic rings. The molecule has 0 spiro atoms. The molecule has 7 nitrogen and oxygen atoms in total. The largest absolute Gasteiger partial charge is 0.497 e.